The summed E-state index contributed by atoms with van der Waals surface area (Å²) >= 11 is 1.47. The Kier molecular flexibility index (Phi) is 7.97. The highest BCUT2D eigenvalue weighted by Gasteiger charge is 2.12. The molecule has 22 heavy (non-hydrogen) atoms. The fourth-order valence-electron chi connectivity index (χ4n) is 1.74. The number of nitrogens with zero attached hydrogens (tertiary/aromatic N) is 2. The molecule has 0 fully saturated rings. The predicted molar refractivity (Wildman–Crippen MR) is 88.9 cm³/mol. The van der Waals surface area contributed by atoms with Crippen molar-refractivity contribution >= 4 is 29.7 Å². The van der Waals surface area contributed by atoms with Crippen LogP contribution >= 0.6 is 23.7 Å². The van der Waals surface area contributed by atoms with Crippen molar-refractivity contribution in [2.45, 2.75) is 19.1 Å². The van der Waals surface area contributed by atoms with Crippen molar-refractivity contribution in [3.05, 3.63) is 35.3 Å². The number of methoxy groups -OCH3 is 1. The zero-order valence-corrected chi connectivity index (χ0v) is 13.8. The lowest BCUT2D eigenvalue weighted by molar-refractivity contribution is -0.123. The van der Waals surface area contributed by atoms with Crippen molar-refractivity contribution in [3.8, 4) is 10.6 Å². The Labute approximate surface area is 139 Å². The van der Waals surface area contributed by atoms with Crippen molar-refractivity contribution in [2.75, 3.05) is 13.7 Å². The van der Waals surface area contributed by atoms with Gasteiger partial charge in [0.05, 0.1) is 19.1 Å². The lowest BCUT2D eigenvalue weighted by Gasteiger charge is -2.11. The number of hydrogen-bond donors (Lipinski definition) is 2. The molecule has 3 N–H and O–H groups in total. The van der Waals surface area contributed by atoms with Crippen molar-refractivity contribution < 1.29 is 9.53 Å². The molecular formula is C14H19ClN4O2S. The first-order chi connectivity index (χ1) is 10.2. The maximum Gasteiger partial charge on any atom is 0.223 e. The van der Waals surface area contributed by atoms with Crippen LogP contribution in [0, 0.1) is 0 Å². The Balaban J connectivity index is 0.00000242. The maximum absolute atomic E-state index is 11.7. The minimum absolute atomic E-state index is 0. The van der Waals surface area contributed by atoms with Crippen molar-refractivity contribution in [1.29, 1.82) is 0 Å². The zero-order chi connectivity index (χ0) is 15.1. The zero-order valence-electron chi connectivity index (χ0n) is 12.2. The molecular weight excluding hydrogens is 324 g/mol. The number of nitrogens with one attached hydrogen (secondary N) is 1. The van der Waals surface area contributed by atoms with E-state index in [1.165, 1.54) is 11.3 Å². The first-order valence-electron chi connectivity index (χ1n) is 6.60. The lowest BCUT2D eigenvalue weighted by Crippen LogP contribution is -2.31. The van der Waals surface area contributed by atoms with Gasteiger partial charge in [0.2, 0.25) is 5.91 Å². The minimum atomic E-state index is -0.251. The summed E-state index contributed by atoms with van der Waals surface area (Å²) in [6.45, 7) is 0.686. The molecule has 1 heterocycles. The van der Waals surface area contributed by atoms with Gasteiger partial charge < -0.3 is 15.8 Å². The maximum atomic E-state index is 11.7. The fraction of sp³-hybridized carbons (Fsp3) is 0.357. The Bertz CT molecular complexity index is 575. The fourth-order valence-corrected chi connectivity index (χ4v) is 2.52. The molecule has 120 valence electrons. The largest absolute Gasteiger partial charge is 0.380 e. The van der Waals surface area contributed by atoms with E-state index >= 15 is 0 Å². The number of amides is 1. The van der Waals surface area contributed by atoms with Crippen molar-refractivity contribution in [1.82, 2.24) is 15.5 Å². The Morgan fingerprint density at radius 2 is 2.09 bits per heavy atom. The molecule has 0 spiro atoms. The quantitative estimate of drug-likeness (QED) is 0.797. The van der Waals surface area contributed by atoms with Crippen LogP contribution in [-0.4, -0.2) is 35.9 Å². The lowest BCUT2D eigenvalue weighted by atomic mass is 10.2. The van der Waals surface area contributed by atoms with Gasteiger partial charge >= 0.3 is 0 Å². The van der Waals surface area contributed by atoms with E-state index in [9.17, 15) is 4.79 Å². The van der Waals surface area contributed by atoms with Gasteiger partial charge in [-0.15, -0.1) is 22.6 Å². The van der Waals surface area contributed by atoms with Crippen molar-refractivity contribution in [3.63, 3.8) is 0 Å². The number of rotatable bonds is 7. The van der Waals surface area contributed by atoms with Crippen LogP contribution in [-0.2, 0) is 16.1 Å². The van der Waals surface area contributed by atoms with Gasteiger partial charge in [0.1, 0.15) is 10.0 Å². The summed E-state index contributed by atoms with van der Waals surface area (Å²) in [4.78, 5) is 11.7. The summed E-state index contributed by atoms with van der Waals surface area (Å²) < 4.78 is 5.07. The average molecular weight is 343 g/mol. The second-order valence-electron chi connectivity index (χ2n) is 4.44. The summed E-state index contributed by atoms with van der Waals surface area (Å²) in [6.07, 6.45) is -0.00328. The van der Waals surface area contributed by atoms with Crippen LogP contribution in [0.15, 0.2) is 30.3 Å². The molecule has 1 amide bonds. The summed E-state index contributed by atoms with van der Waals surface area (Å²) in [6, 6.07) is 9.82. The second-order valence-corrected chi connectivity index (χ2v) is 5.50. The number of halogens is 1. The highest BCUT2D eigenvalue weighted by atomic mass is 35.5. The highest BCUT2D eigenvalue weighted by Crippen LogP contribution is 2.22. The SMILES string of the molecule is COC(CN)CC(=O)NCc1nnc(-c2ccccc2)s1.Cl. The molecule has 0 aliphatic rings. The van der Waals surface area contributed by atoms with Gasteiger partial charge in [-0.3, -0.25) is 4.79 Å². The molecule has 1 aromatic heterocycles. The molecule has 0 radical (unpaired) electrons. The molecule has 0 saturated carbocycles. The van der Waals surface area contributed by atoms with Gasteiger partial charge in [-0.25, -0.2) is 0 Å². The van der Waals surface area contributed by atoms with Gasteiger partial charge in [0, 0.05) is 19.2 Å². The molecule has 1 aromatic carbocycles. The number of carbonyl (C=O) groups is 1. The van der Waals surface area contributed by atoms with Crippen LogP contribution in [0.1, 0.15) is 11.4 Å². The molecule has 6 nitrogen and oxygen atoms in total. The third-order valence-electron chi connectivity index (χ3n) is 2.93. The van der Waals surface area contributed by atoms with Crippen molar-refractivity contribution in [2.24, 2.45) is 5.73 Å². The molecule has 0 saturated heterocycles. The number of ether oxygens (including phenoxy) is 1. The van der Waals surface area contributed by atoms with E-state index in [1.54, 1.807) is 7.11 Å². The third kappa shape index (κ3) is 5.34. The Morgan fingerprint density at radius 3 is 2.73 bits per heavy atom. The summed E-state index contributed by atoms with van der Waals surface area (Å²) in [7, 11) is 1.54. The number of carbonyl (C=O) groups excluding carboxylic acids is 1. The van der Waals surface area contributed by atoms with Gasteiger partial charge in [-0.1, -0.05) is 41.7 Å². The highest BCUT2D eigenvalue weighted by molar-refractivity contribution is 7.14. The number of hydrogen-bond acceptors (Lipinski definition) is 6. The molecule has 1 atom stereocenters. The number of benzene rings is 1. The Hall–Kier alpha value is -1.54. The van der Waals surface area contributed by atoms with Crippen LogP contribution in [0.5, 0.6) is 0 Å². The topological polar surface area (TPSA) is 90.1 Å². The van der Waals surface area contributed by atoms with Crippen LogP contribution in [0.3, 0.4) is 0 Å². The van der Waals surface area contributed by atoms with Crippen LogP contribution in [0.2, 0.25) is 0 Å². The number of nitrogens with two attached hydrogens (primary N) is 1. The van der Waals surface area contributed by atoms with E-state index in [2.05, 4.69) is 15.5 Å². The van der Waals surface area contributed by atoms with Crippen LogP contribution in [0.25, 0.3) is 10.6 Å². The Morgan fingerprint density at radius 1 is 1.36 bits per heavy atom. The molecule has 2 rings (SSSR count). The monoisotopic (exact) mass is 342 g/mol. The first-order valence-corrected chi connectivity index (χ1v) is 7.42. The molecule has 2 aromatic rings. The first kappa shape index (κ1) is 18.5. The molecule has 0 aliphatic carbocycles. The minimum Gasteiger partial charge on any atom is -0.380 e. The number of aromatic nitrogens is 2. The van der Waals surface area contributed by atoms with E-state index in [0.717, 1.165) is 15.6 Å². The van der Waals surface area contributed by atoms with E-state index in [1.807, 2.05) is 30.3 Å². The van der Waals surface area contributed by atoms with E-state index in [-0.39, 0.29) is 30.8 Å². The molecule has 8 heteroatoms. The molecule has 0 bridgehead atoms. The van der Waals surface area contributed by atoms with Crippen LogP contribution < -0.4 is 11.1 Å². The van der Waals surface area contributed by atoms with E-state index < -0.39 is 0 Å². The van der Waals surface area contributed by atoms with Gasteiger partial charge in [0.25, 0.3) is 0 Å². The summed E-state index contributed by atoms with van der Waals surface area (Å²) in [5, 5.41) is 12.6. The molecule has 0 aliphatic heterocycles. The van der Waals surface area contributed by atoms with Gasteiger partial charge in [-0.2, -0.15) is 0 Å². The average Bonchev–Trinajstić information content (AvgIpc) is 3.00. The summed E-state index contributed by atoms with van der Waals surface area (Å²) in [5.41, 5.74) is 6.50. The normalized spacial score (nSPS) is 11.5. The summed E-state index contributed by atoms with van der Waals surface area (Å²) in [5.74, 6) is -0.108. The smallest absolute Gasteiger partial charge is 0.223 e. The van der Waals surface area contributed by atoms with E-state index in [4.69, 9.17) is 10.5 Å². The third-order valence-corrected chi connectivity index (χ3v) is 3.91. The standard InChI is InChI=1S/C14H18N4O2S.ClH/c1-20-11(8-15)7-12(19)16-9-13-17-18-14(21-13)10-5-3-2-4-6-10;/h2-6,11H,7-9,15H2,1H3,(H,16,19);1H. The van der Waals surface area contributed by atoms with Gasteiger partial charge in [0.15, 0.2) is 0 Å². The molecule has 1 unspecified atom stereocenters. The van der Waals surface area contributed by atoms with E-state index in [0.29, 0.717) is 13.1 Å². The predicted octanol–water partition coefficient (Wildman–Crippen LogP) is 1.61. The second kappa shape index (κ2) is 9.47. The van der Waals surface area contributed by atoms with Crippen LogP contribution in [0.4, 0.5) is 0 Å². The van der Waals surface area contributed by atoms with Gasteiger partial charge in [-0.05, 0) is 0 Å².